The lowest BCUT2D eigenvalue weighted by Crippen LogP contribution is -2.38. The summed E-state index contributed by atoms with van der Waals surface area (Å²) in [5.74, 6) is -1.17. The Balaban J connectivity index is 2.74. The summed E-state index contributed by atoms with van der Waals surface area (Å²) >= 11 is 0. The molecule has 0 bridgehead atoms. The summed E-state index contributed by atoms with van der Waals surface area (Å²) in [6, 6.07) is -0.683. The first-order valence-corrected chi connectivity index (χ1v) is 5.66. The van der Waals surface area contributed by atoms with Crippen LogP contribution in [0.25, 0.3) is 0 Å². The lowest BCUT2D eigenvalue weighted by molar-refractivity contribution is -0.386. The van der Waals surface area contributed by atoms with Crippen molar-refractivity contribution >= 4 is 17.7 Å². The van der Waals surface area contributed by atoms with Crippen LogP contribution >= 0.6 is 0 Å². The minimum atomic E-state index is -1.17. The van der Waals surface area contributed by atoms with Gasteiger partial charge in [0.25, 0.3) is 5.69 Å². The average Bonchev–Trinajstić information content (AvgIpc) is 2.35. The van der Waals surface area contributed by atoms with Crippen molar-refractivity contribution in [2.45, 2.75) is 20.4 Å². The third kappa shape index (κ3) is 3.90. The molecule has 9 heteroatoms. The number of urea groups is 1. The molecule has 108 valence electrons. The molecule has 0 atom stereocenters. The van der Waals surface area contributed by atoms with Gasteiger partial charge < -0.3 is 15.7 Å². The van der Waals surface area contributed by atoms with Gasteiger partial charge in [-0.3, -0.25) is 19.9 Å². The van der Waals surface area contributed by atoms with Crippen LogP contribution in [0.1, 0.15) is 16.8 Å². The van der Waals surface area contributed by atoms with Crippen LogP contribution in [-0.2, 0) is 11.3 Å². The van der Waals surface area contributed by atoms with E-state index in [9.17, 15) is 19.7 Å². The first-order valence-electron chi connectivity index (χ1n) is 5.66. The van der Waals surface area contributed by atoms with Gasteiger partial charge in [0.1, 0.15) is 6.54 Å². The van der Waals surface area contributed by atoms with Crippen molar-refractivity contribution in [3.63, 3.8) is 0 Å². The monoisotopic (exact) mass is 282 g/mol. The second-order valence-electron chi connectivity index (χ2n) is 4.05. The molecule has 0 radical (unpaired) electrons. The second kappa shape index (κ2) is 6.45. The van der Waals surface area contributed by atoms with E-state index in [4.69, 9.17) is 5.11 Å². The van der Waals surface area contributed by atoms with Crippen LogP contribution in [0.2, 0.25) is 0 Å². The summed E-state index contributed by atoms with van der Waals surface area (Å²) in [4.78, 5) is 36.0. The number of carboxylic acids is 1. The number of carboxylic acid groups (broad SMARTS) is 1. The smallest absolute Gasteiger partial charge is 0.323 e. The number of nitrogens with zero attached hydrogens (tertiary/aromatic N) is 2. The van der Waals surface area contributed by atoms with E-state index < -0.39 is 23.5 Å². The molecule has 1 heterocycles. The highest BCUT2D eigenvalue weighted by atomic mass is 16.6. The molecule has 1 aromatic rings. The van der Waals surface area contributed by atoms with Crippen molar-refractivity contribution in [1.82, 2.24) is 15.6 Å². The molecular weight excluding hydrogens is 268 g/mol. The minimum absolute atomic E-state index is 0.0294. The van der Waals surface area contributed by atoms with E-state index in [1.54, 1.807) is 13.8 Å². The van der Waals surface area contributed by atoms with Crippen molar-refractivity contribution in [2.75, 3.05) is 6.54 Å². The summed E-state index contributed by atoms with van der Waals surface area (Å²) in [6.07, 6.45) is 1.36. The van der Waals surface area contributed by atoms with Gasteiger partial charge in [0.2, 0.25) is 0 Å². The molecule has 0 spiro atoms. The van der Waals surface area contributed by atoms with E-state index >= 15 is 0 Å². The van der Waals surface area contributed by atoms with Crippen LogP contribution in [0.15, 0.2) is 6.20 Å². The highest BCUT2D eigenvalue weighted by Crippen LogP contribution is 2.23. The van der Waals surface area contributed by atoms with Crippen LogP contribution in [0.5, 0.6) is 0 Å². The topological polar surface area (TPSA) is 134 Å². The number of aryl methyl sites for hydroxylation is 1. The molecule has 0 aromatic carbocycles. The minimum Gasteiger partial charge on any atom is -0.480 e. The number of rotatable bonds is 5. The molecule has 1 aromatic heterocycles. The van der Waals surface area contributed by atoms with Crippen LogP contribution in [-0.4, -0.2) is 33.6 Å². The van der Waals surface area contributed by atoms with Crippen LogP contribution in [0.3, 0.4) is 0 Å². The second-order valence-corrected chi connectivity index (χ2v) is 4.05. The number of hydrogen-bond donors (Lipinski definition) is 3. The number of pyridine rings is 1. The first-order chi connectivity index (χ1) is 9.32. The number of aromatic nitrogens is 1. The molecule has 0 saturated carbocycles. The highest BCUT2D eigenvalue weighted by Gasteiger charge is 2.18. The Morgan fingerprint density at radius 3 is 2.60 bits per heavy atom. The Labute approximate surface area is 114 Å². The normalized spacial score (nSPS) is 9.90. The summed E-state index contributed by atoms with van der Waals surface area (Å²) in [5.41, 5.74) is 1.12. The molecule has 20 heavy (non-hydrogen) atoms. The molecule has 0 aliphatic heterocycles. The van der Waals surface area contributed by atoms with Gasteiger partial charge in [0.15, 0.2) is 0 Å². The maximum absolute atomic E-state index is 11.3. The lowest BCUT2D eigenvalue weighted by Gasteiger charge is -2.09. The third-order valence-electron chi connectivity index (χ3n) is 2.57. The maximum Gasteiger partial charge on any atom is 0.323 e. The van der Waals surface area contributed by atoms with E-state index in [2.05, 4.69) is 15.6 Å². The summed E-state index contributed by atoms with van der Waals surface area (Å²) in [6.45, 7) is 2.59. The number of carbonyl (C=O) groups is 2. The van der Waals surface area contributed by atoms with E-state index in [1.807, 2.05) is 0 Å². The van der Waals surface area contributed by atoms with Gasteiger partial charge in [0, 0.05) is 11.8 Å². The summed E-state index contributed by atoms with van der Waals surface area (Å²) in [5, 5.41) is 23.8. The number of hydrogen-bond acceptors (Lipinski definition) is 5. The van der Waals surface area contributed by atoms with Crippen LogP contribution in [0, 0.1) is 24.0 Å². The Bertz CT molecular complexity index is 558. The molecular formula is C11H14N4O5. The van der Waals surface area contributed by atoms with Crippen molar-refractivity contribution < 1.29 is 19.6 Å². The van der Waals surface area contributed by atoms with E-state index in [0.29, 0.717) is 16.8 Å². The Morgan fingerprint density at radius 1 is 1.40 bits per heavy atom. The quantitative estimate of drug-likeness (QED) is 0.531. The van der Waals surface area contributed by atoms with Crippen molar-refractivity contribution in [2.24, 2.45) is 0 Å². The number of nitrogens with one attached hydrogen (secondary N) is 2. The van der Waals surface area contributed by atoms with Gasteiger partial charge >= 0.3 is 12.0 Å². The SMILES string of the molecule is Cc1cnc(CNC(=O)NCC(=O)O)c(C)c1[N+](=O)[O-]. The molecule has 0 fully saturated rings. The van der Waals surface area contributed by atoms with Gasteiger partial charge in [-0.25, -0.2) is 4.79 Å². The zero-order valence-corrected chi connectivity index (χ0v) is 11.0. The molecule has 2 amide bonds. The summed E-state index contributed by atoms with van der Waals surface area (Å²) in [7, 11) is 0. The predicted octanol–water partition coefficient (Wildman–Crippen LogP) is 0.490. The van der Waals surface area contributed by atoms with E-state index in [0.717, 1.165) is 0 Å². The van der Waals surface area contributed by atoms with Gasteiger partial charge in [-0.05, 0) is 13.8 Å². The van der Waals surface area contributed by atoms with Gasteiger partial charge in [-0.1, -0.05) is 0 Å². The highest BCUT2D eigenvalue weighted by molar-refractivity contribution is 5.79. The molecule has 9 nitrogen and oxygen atoms in total. The Hall–Kier alpha value is -2.71. The van der Waals surface area contributed by atoms with Gasteiger partial charge in [-0.15, -0.1) is 0 Å². The van der Waals surface area contributed by atoms with Gasteiger partial charge in [0.05, 0.1) is 22.7 Å². The van der Waals surface area contributed by atoms with E-state index in [-0.39, 0.29) is 12.2 Å². The predicted molar refractivity (Wildman–Crippen MR) is 68.2 cm³/mol. The van der Waals surface area contributed by atoms with Crippen LogP contribution in [0.4, 0.5) is 10.5 Å². The fourth-order valence-corrected chi connectivity index (χ4v) is 1.61. The molecule has 0 saturated heterocycles. The molecule has 0 aliphatic carbocycles. The fraction of sp³-hybridized carbons (Fsp3) is 0.364. The number of amides is 2. The third-order valence-corrected chi connectivity index (χ3v) is 2.57. The van der Waals surface area contributed by atoms with Crippen molar-refractivity contribution in [1.29, 1.82) is 0 Å². The molecule has 0 aliphatic rings. The number of aliphatic carboxylic acids is 1. The van der Waals surface area contributed by atoms with Crippen LogP contribution < -0.4 is 10.6 Å². The molecule has 3 N–H and O–H groups in total. The standard InChI is InChI=1S/C11H14N4O5/c1-6-3-12-8(7(2)10(6)15(19)20)4-13-11(18)14-5-9(16)17/h3H,4-5H2,1-2H3,(H,16,17)(H2,13,14,18). The first kappa shape index (κ1) is 15.3. The molecule has 1 rings (SSSR count). The summed E-state index contributed by atoms with van der Waals surface area (Å²) < 4.78 is 0. The fourth-order valence-electron chi connectivity index (χ4n) is 1.61. The van der Waals surface area contributed by atoms with E-state index in [1.165, 1.54) is 6.20 Å². The average molecular weight is 282 g/mol. The zero-order valence-electron chi connectivity index (χ0n) is 11.0. The van der Waals surface area contributed by atoms with Gasteiger partial charge in [-0.2, -0.15) is 0 Å². The Morgan fingerprint density at radius 2 is 2.05 bits per heavy atom. The Kier molecular flexibility index (Phi) is 4.95. The zero-order chi connectivity index (χ0) is 15.3. The molecule has 0 unspecified atom stereocenters. The number of carbonyl (C=O) groups excluding carboxylic acids is 1. The van der Waals surface area contributed by atoms with Crippen molar-refractivity contribution in [3.8, 4) is 0 Å². The maximum atomic E-state index is 11.3. The van der Waals surface area contributed by atoms with Crippen molar-refractivity contribution in [3.05, 3.63) is 33.1 Å². The largest absolute Gasteiger partial charge is 0.480 e. The lowest BCUT2D eigenvalue weighted by atomic mass is 10.1. The number of nitro groups is 1.